The van der Waals surface area contributed by atoms with Crippen LogP contribution in [-0.2, 0) is 17.8 Å². The number of amides is 3. The number of nitrogens with one attached hydrogen (secondary N) is 2. The Morgan fingerprint density at radius 3 is 2.71 bits per heavy atom. The Morgan fingerprint density at radius 2 is 2.00 bits per heavy atom. The van der Waals surface area contributed by atoms with Crippen LogP contribution in [0.5, 0.6) is 5.75 Å². The number of hydrogen-bond donors (Lipinski definition) is 2. The van der Waals surface area contributed by atoms with Gasteiger partial charge < -0.3 is 20.3 Å². The van der Waals surface area contributed by atoms with Crippen molar-refractivity contribution in [2.24, 2.45) is 0 Å². The molecular weight excluding hydrogens is 354 g/mol. The van der Waals surface area contributed by atoms with E-state index >= 15 is 0 Å². The maximum absolute atomic E-state index is 12.9. The van der Waals surface area contributed by atoms with Crippen molar-refractivity contribution in [1.29, 1.82) is 0 Å². The Morgan fingerprint density at radius 1 is 1.21 bits per heavy atom. The average molecular weight is 381 g/mol. The van der Waals surface area contributed by atoms with Gasteiger partial charge in [0.15, 0.2) is 0 Å². The number of carbonyl (C=O) groups excluding carboxylic acids is 2. The molecule has 0 aromatic heterocycles. The molecule has 6 heteroatoms. The van der Waals surface area contributed by atoms with Crippen LogP contribution in [0.3, 0.4) is 0 Å². The number of urea groups is 1. The highest BCUT2D eigenvalue weighted by Crippen LogP contribution is 2.15. The van der Waals surface area contributed by atoms with Gasteiger partial charge in [0.05, 0.1) is 7.11 Å². The van der Waals surface area contributed by atoms with Gasteiger partial charge in [-0.2, -0.15) is 0 Å². The minimum atomic E-state index is -0.454. The quantitative estimate of drug-likeness (QED) is 0.775. The first-order valence-corrected chi connectivity index (χ1v) is 9.57. The second kappa shape index (κ2) is 9.26. The Kier molecular flexibility index (Phi) is 6.53. The highest BCUT2D eigenvalue weighted by molar-refractivity contribution is 5.88. The molecule has 1 atom stereocenters. The van der Waals surface area contributed by atoms with Gasteiger partial charge in [0, 0.05) is 19.6 Å². The predicted molar refractivity (Wildman–Crippen MR) is 108 cm³/mol. The third-order valence-corrected chi connectivity index (χ3v) is 4.89. The Labute approximate surface area is 165 Å². The van der Waals surface area contributed by atoms with Gasteiger partial charge in [-0.1, -0.05) is 42.0 Å². The maximum Gasteiger partial charge on any atom is 0.318 e. The monoisotopic (exact) mass is 381 g/mol. The zero-order valence-electron chi connectivity index (χ0n) is 16.4. The van der Waals surface area contributed by atoms with Crippen LogP contribution in [0.4, 0.5) is 4.79 Å². The molecule has 0 spiro atoms. The summed E-state index contributed by atoms with van der Waals surface area (Å²) in [6.07, 6.45) is 1.33. The fourth-order valence-corrected chi connectivity index (χ4v) is 3.35. The molecule has 1 fully saturated rings. The lowest BCUT2D eigenvalue weighted by Gasteiger charge is -2.25. The summed E-state index contributed by atoms with van der Waals surface area (Å²) in [7, 11) is 1.64. The Balaban J connectivity index is 1.70. The van der Waals surface area contributed by atoms with Crippen molar-refractivity contribution in [2.75, 3.05) is 20.2 Å². The molecule has 0 radical (unpaired) electrons. The molecule has 3 rings (SSSR count). The fourth-order valence-electron chi connectivity index (χ4n) is 3.35. The highest BCUT2D eigenvalue weighted by Gasteiger charge is 2.27. The number of benzene rings is 2. The van der Waals surface area contributed by atoms with E-state index in [1.165, 1.54) is 0 Å². The molecule has 0 aliphatic carbocycles. The molecule has 2 aromatic carbocycles. The molecule has 148 valence electrons. The van der Waals surface area contributed by atoms with Crippen LogP contribution in [0.2, 0.25) is 0 Å². The van der Waals surface area contributed by atoms with Crippen LogP contribution in [0.1, 0.15) is 23.1 Å². The molecule has 2 aromatic rings. The Hall–Kier alpha value is -3.02. The van der Waals surface area contributed by atoms with Crippen molar-refractivity contribution in [3.63, 3.8) is 0 Å². The van der Waals surface area contributed by atoms with E-state index in [1.54, 1.807) is 12.0 Å². The second-order valence-corrected chi connectivity index (χ2v) is 7.09. The zero-order chi connectivity index (χ0) is 19.9. The lowest BCUT2D eigenvalue weighted by molar-refractivity contribution is -0.120. The van der Waals surface area contributed by atoms with Crippen molar-refractivity contribution in [1.82, 2.24) is 15.5 Å². The SMILES string of the molecule is COc1cccc(CCN(Cc2cccc(C)c2)C(=O)NC2CCNC2=O)c1. The first kappa shape index (κ1) is 19.7. The second-order valence-electron chi connectivity index (χ2n) is 7.09. The van der Waals surface area contributed by atoms with Gasteiger partial charge in [-0.25, -0.2) is 4.79 Å². The van der Waals surface area contributed by atoms with Gasteiger partial charge in [0.25, 0.3) is 0 Å². The van der Waals surface area contributed by atoms with Crippen molar-refractivity contribution >= 4 is 11.9 Å². The summed E-state index contributed by atoms with van der Waals surface area (Å²) in [4.78, 5) is 26.5. The molecular formula is C22H27N3O3. The number of aryl methyl sites for hydroxylation is 1. The van der Waals surface area contributed by atoms with Crippen LogP contribution < -0.4 is 15.4 Å². The third-order valence-electron chi connectivity index (χ3n) is 4.89. The van der Waals surface area contributed by atoms with E-state index in [4.69, 9.17) is 4.74 Å². The van der Waals surface area contributed by atoms with Crippen LogP contribution >= 0.6 is 0 Å². The average Bonchev–Trinajstić information content (AvgIpc) is 3.09. The summed E-state index contributed by atoms with van der Waals surface area (Å²) < 4.78 is 5.28. The van der Waals surface area contributed by atoms with Gasteiger partial charge in [-0.3, -0.25) is 4.79 Å². The Bertz CT molecular complexity index is 837. The van der Waals surface area contributed by atoms with Gasteiger partial charge >= 0.3 is 6.03 Å². The fraction of sp³-hybridized carbons (Fsp3) is 0.364. The molecule has 1 aliphatic heterocycles. The van der Waals surface area contributed by atoms with Crippen molar-refractivity contribution in [3.8, 4) is 5.75 Å². The highest BCUT2D eigenvalue weighted by atomic mass is 16.5. The van der Waals surface area contributed by atoms with Crippen LogP contribution in [0.25, 0.3) is 0 Å². The van der Waals surface area contributed by atoms with Gasteiger partial charge in [-0.15, -0.1) is 0 Å². The lowest BCUT2D eigenvalue weighted by Crippen LogP contribution is -2.47. The summed E-state index contributed by atoms with van der Waals surface area (Å²) in [6, 6.07) is 15.3. The molecule has 1 saturated heterocycles. The van der Waals surface area contributed by atoms with Crippen LogP contribution in [0, 0.1) is 6.92 Å². The van der Waals surface area contributed by atoms with Gasteiger partial charge in [-0.05, 0) is 43.0 Å². The van der Waals surface area contributed by atoms with Crippen LogP contribution in [0.15, 0.2) is 48.5 Å². The molecule has 0 bridgehead atoms. The number of hydrogen-bond acceptors (Lipinski definition) is 3. The topological polar surface area (TPSA) is 70.7 Å². The smallest absolute Gasteiger partial charge is 0.318 e. The summed E-state index contributed by atoms with van der Waals surface area (Å²) in [5.74, 6) is 0.687. The van der Waals surface area contributed by atoms with E-state index in [1.807, 2.05) is 49.4 Å². The summed E-state index contributed by atoms with van der Waals surface area (Å²) in [5, 5.41) is 5.63. The molecule has 1 aliphatic rings. The summed E-state index contributed by atoms with van der Waals surface area (Å²) in [5.41, 5.74) is 3.32. The molecule has 0 saturated carbocycles. The van der Waals surface area contributed by atoms with Gasteiger partial charge in [0.2, 0.25) is 5.91 Å². The number of ether oxygens (including phenoxy) is 1. The zero-order valence-corrected chi connectivity index (χ0v) is 16.4. The largest absolute Gasteiger partial charge is 0.497 e. The normalized spacial score (nSPS) is 15.8. The number of carbonyl (C=O) groups is 2. The maximum atomic E-state index is 12.9. The predicted octanol–water partition coefficient (Wildman–Crippen LogP) is 2.65. The van der Waals surface area contributed by atoms with Crippen LogP contribution in [-0.4, -0.2) is 43.1 Å². The number of methoxy groups -OCH3 is 1. The van der Waals surface area contributed by atoms with Crippen molar-refractivity contribution in [3.05, 3.63) is 65.2 Å². The standard InChI is InChI=1S/C22H27N3O3/c1-16-5-3-7-18(13-16)15-25(22(27)24-20-9-11-23-21(20)26)12-10-17-6-4-8-19(14-17)28-2/h3-8,13-14,20H,9-12,15H2,1-2H3,(H,23,26)(H,24,27). The molecule has 6 nitrogen and oxygen atoms in total. The van der Waals surface area contributed by atoms with E-state index in [9.17, 15) is 9.59 Å². The summed E-state index contributed by atoms with van der Waals surface area (Å²) >= 11 is 0. The van der Waals surface area contributed by atoms with E-state index in [0.717, 1.165) is 22.4 Å². The van der Waals surface area contributed by atoms with Crippen molar-refractivity contribution < 1.29 is 14.3 Å². The summed E-state index contributed by atoms with van der Waals surface area (Å²) in [6.45, 7) is 3.67. The first-order valence-electron chi connectivity index (χ1n) is 9.57. The van der Waals surface area contributed by atoms with Crippen molar-refractivity contribution in [2.45, 2.75) is 32.4 Å². The molecule has 2 N–H and O–H groups in total. The van der Waals surface area contributed by atoms with E-state index < -0.39 is 6.04 Å². The van der Waals surface area contributed by atoms with E-state index in [-0.39, 0.29) is 11.9 Å². The number of rotatable bonds is 7. The third kappa shape index (κ3) is 5.25. The number of nitrogens with zero attached hydrogens (tertiary/aromatic N) is 1. The van der Waals surface area contributed by atoms with E-state index in [2.05, 4.69) is 16.7 Å². The molecule has 1 heterocycles. The lowest BCUT2D eigenvalue weighted by atomic mass is 10.1. The van der Waals surface area contributed by atoms with E-state index in [0.29, 0.717) is 32.5 Å². The molecule has 1 unspecified atom stereocenters. The first-order chi connectivity index (χ1) is 13.5. The molecule has 28 heavy (non-hydrogen) atoms. The minimum absolute atomic E-state index is 0.114. The minimum Gasteiger partial charge on any atom is -0.497 e. The van der Waals surface area contributed by atoms with Gasteiger partial charge in [0.1, 0.15) is 11.8 Å². The molecule has 3 amide bonds.